The number of hydrogen-bond donors (Lipinski definition) is 0. The van der Waals surface area contributed by atoms with E-state index in [-0.39, 0.29) is 0 Å². The third-order valence-corrected chi connectivity index (χ3v) is 3.10. The highest BCUT2D eigenvalue weighted by Gasteiger charge is 2.11. The summed E-state index contributed by atoms with van der Waals surface area (Å²) in [7, 11) is -3.10. The molecule has 1 rings (SSSR count). The van der Waals surface area contributed by atoms with Crippen molar-refractivity contribution in [3.63, 3.8) is 0 Å². The minimum Gasteiger partial charge on any atom is -0.339 e. The largest absolute Gasteiger partial charge is 0.339 e. The number of sulfone groups is 1. The number of alkyl halides is 1. The molecule has 0 fully saturated rings. The molecule has 0 saturated heterocycles. The minimum atomic E-state index is -3.10. The van der Waals surface area contributed by atoms with E-state index in [0.717, 1.165) is 6.42 Å². The molecule has 0 spiro atoms. The van der Waals surface area contributed by atoms with Crippen molar-refractivity contribution >= 4 is 21.4 Å². The first-order valence-corrected chi connectivity index (χ1v) is 6.39. The lowest BCUT2D eigenvalue weighted by Gasteiger charge is -2.05. The van der Waals surface area contributed by atoms with Crippen LogP contribution in [0.3, 0.4) is 0 Å². The molecule has 0 N–H and O–H groups in total. The van der Waals surface area contributed by atoms with E-state index in [1.54, 1.807) is 22.9 Å². The van der Waals surface area contributed by atoms with Gasteiger partial charge in [-0.1, -0.05) is 0 Å². The van der Waals surface area contributed by atoms with Crippen molar-refractivity contribution in [3.05, 3.63) is 18.3 Å². The second-order valence-corrected chi connectivity index (χ2v) is 5.20. The van der Waals surface area contributed by atoms with Crippen LogP contribution in [0.15, 0.2) is 23.4 Å². The maximum atomic E-state index is 11.2. The fraction of sp³-hybridized carbons (Fsp3) is 0.500. The molecule has 3 nitrogen and oxygen atoms in total. The third kappa shape index (κ3) is 2.74. The van der Waals surface area contributed by atoms with Crippen LogP contribution in [0.4, 0.5) is 0 Å². The van der Waals surface area contributed by atoms with Crippen LogP contribution >= 0.6 is 11.6 Å². The molecule has 74 valence electrons. The average molecular weight is 222 g/mol. The molecule has 0 aliphatic carbocycles. The van der Waals surface area contributed by atoms with Gasteiger partial charge in [0, 0.05) is 24.9 Å². The highest BCUT2D eigenvalue weighted by atomic mass is 35.5. The van der Waals surface area contributed by atoms with Crippen molar-refractivity contribution in [2.24, 2.45) is 0 Å². The predicted octanol–water partition coefficient (Wildman–Crippen LogP) is 1.52. The van der Waals surface area contributed by atoms with Gasteiger partial charge in [0.05, 0.1) is 0 Å². The first-order valence-electron chi connectivity index (χ1n) is 3.97. The second-order valence-electron chi connectivity index (χ2n) is 2.85. The zero-order valence-electron chi connectivity index (χ0n) is 7.40. The Morgan fingerprint density at radius 2 is 2.23 bits per heavy atom. The van der Waals surface area contributed by atoms with Gasteiger partial charge in [0.1, 0.15) is 5.03 Å². The molecule has 0 aliphatic heterocycles. The van der Waals surface area contributed by atoms with E-state index >= 15 is 0 Å². The number of rotatable bonds is 4. The van der Waals surface area contributed by atoms with Gasteiger partial charge in [-0.25, -0.2) is 8.42 Å². The maximum absolute atomic E-state index is 11.2. The van der Waals surface area contributed by atoms with E-state index in [2.05, 4.69) is 0 Å². The molecule has 0 aromatic carbocycles. The highest BCUT2D eigenvalue weighted by molar-refractivity contribution is 7.90. The molecular weight excluding hydrogens is 210 g/mol. The lowest BCUT2D eigenvalue weighted by atomic mass is 10.5. The lowest BCUT2D eigenvalue weighted by Crippen LogP contribution is -2.07. The first-order chi connectivity index (χ1) is 6.05. The zero-order valence-corrected chi connectivity index (χ0v) is 8.98. The van der Waals surface area contributed by atoms with E-state index in [4.69, 9.17) is 11.6 Å². The zero-order chi connectivity index (χ0) is 9.90. The van der Waals surface area contributed by atoms with Gasteiger partial charge in [-0.15, -0.1) is 11.6 Å². The molecule has 5 heteroatoms. The van der Waals surface area contributed by atoms with Crippen molar-refractivity contribution in [2.45, 2.75) is 18.0 Å². The molecule has 0 saturated carbocycles. The topological polar surface area (TPSA) is 39.1 Å². The SMILES string of the molecule is CS(=O)(=O)c1cccn1CCCCl. The van der Waals surface area contributed by atoms with Crippen molar-refractivity contribution < 1.29 is 8.42 Å². The van der Waals surface area contributed by atoms with Gasteiger partial charge in [-0.05, 0) is 18.6 Å². The number of hydrogen-bond acceptors (Lipinski definition) is 2. The van der Waals surface area contributed by atoms with Gasteiger partial charge < -0.3 is 4.57 Å². The van der Waals surface area contributed by atoms with E-state index in [1.807, 2.05) is 0 Å². The van der Waals surface area contributed by atoms with Gasteiger partial charge in [0.15, 0.2) is 9.84 Å². The van der Waals surface area contributed by atoms with Crippen LogP contribution in [0, 0.1) is 0 Å². The molecule has 0 bridgehead atoms. The Kier molecular flexibility index (Phi) is 3.39. The Balaban J connectivity index is 2.90. The minimum absolute atomic E-state index is 0.359. The predicted molar refractivity (Wildman–Crippen MR) is 52.9 cm³/mol. The van der Waals surface area contributed by atoms with Gasteiger partial charge in [0.25, 0.3) is 0 Å². The summed E-state index contributed by atoms with van der Waals surface area (Å²) in [4.78, 5) is 0. The molecule has 0 aliphatic rings. The van der Waals surface area contributed by atoms with Crippen molar-refractivity contribution in [2.75, 3.05) is 12.1 Å². The Morgan fingerprint density at radius 1 is 1.54 bits per heavy atom. The lowest BCUT2D eigenvalue weighted by molar-refractivity contribution is 0.573. The number of halogens is 1. The summed E-state index contributed by atoms with van der Waals surface area (Å²) in [5, 5.41) is 0.359. The van der Waals surface area contributed by atoms with Crippen LogP contribution < -0.4 is 0 Å². The summed E-state index contributed by atoms with van der Waals surface area (Å²) < 4.78 is 24.2. The average Bonchev–Trinajstić information content (AvgIpc) is 2.47. The molecule has 0 unspecified atom stereocenters. The number of aromatic nitrogens is 1. The monoisotopic (exact) mass is 221 g/mol. The van der Waals surface area contributed by atoms with Crippen LogP contribution in [0.5, 0.6) is 0 Å². The number of aryl methyl sites for hydroxylation is 1. The van der Waals surface area contributed by atoms with E-state index < -0.39 is 9.84 Å². The van der Waals surface area contributed by atoms with Crippen LogP contribution in [0.25, 0.3) is 0 Å². The summed E-state index contributed by atoms with van der Waals surface area (Å²) in [6.07, 6.45) is 3.74. The summed E-state index contributed by atoms with van der Waals surface area (Å²) in [6, 6.07) is 3.33. The molecule has 1 heterocycles. The molecule has 0 atom stereocenters. The Bertz CT molecular complexity index is 369. The van der Waals surface area contributed by atoms with Crippen molar-refractivity contribution in [1.82, 2.24) is 4.57 Å². The van der Waals surface area contributed by atoms with Crippen LogP contribution in [0.1, 0.15) is 6.42 Å². The summed E-state index contributed by atoms with van der Waals surface area (Å²) >= 11 is 5.52. The molecule has 1 aromatic rings. The third-order valence-electron chi connectivity index (χ3n) is 1.70. The summed E-state index contributed by atoms with van der Waals surface area (Å²) in [6.45, 7) is 0.652. The van der Waals surface area contributed by atoms with Gasteiger partial charge in [-0.2, -0.15) is 0 Å². The first kappa shape index (κ1) is 10.6. The fourth-order valence-corrected chi connectivity index (χ4v) is 2.17. The van der Waals surface area contributed by atoms with E-state index in [0.29, 0.717) is 17.5 Å². The van der Waals surface area contributed by atoms with Gasteiger partial charge >= 0.3 is 0 Å². The standard InChI is InChI=1S/C8H12ClNO2S/c1-13(11,12)8-4-2-6-10(8)7-3-5-9/h2,4,6H,3,5,7H2,1H3. The maximum Gasteiger partial charge on any atom is 0.190 e. The van der Waals surface area contributed by atoms with Gasteiger partial charge in [-0.3, -0.25) is 0 Å². The van der Waals surface area contributed by atoms with Crippen LogP contribution in [0.2, 0.25) is 0 Å². The molecular formula is C8H12ClNO2S. The van der Waals surface area contributed by atoms with Crippen molar-refractivity contribution in [3.8, 4) is 0 Å². The Hall–Kier alpha value is -0.480. The smallest absolute Gasteiger partial charge is 0.190 e. The van der Waals surface area contributed by atoms with Crippen LogP contribution in [-0.4, -0.2) is 25.1 Å². The van der Waals surface area contributed by atoms with Crippen LogP contribution in [-0.2, 0) is 16.4 Å². The Labute approximate surface area is 83.2 Å². The Morgan fingerprint density at radius 3 is 2.77 bits per heavy atom. The number of nitrogens with zero attached hydrogens (tertiary/aromatic N) is 1. The highest BCUT2D eigenvalue weighted by Crippen LogP contribution is 2.10. The van der Waals surface area contributed by atoms with E-state index in [9.17, 15) is 8.42 Å². The molecule has 0 radical (unpaired) electrons. The fourth-order valence-electron chi connectivity index (χ4n) is 1.15. The van der Waals surface area contributed by atoms with E-state index in [1.165, 1.54) is 6.26 Å². The molecule has 1 aromatic heterocycles. The molecule has 0 amide bonds. The second kappa shape index (κ2) is 4.15. The normalized spacial score (nSPS) is 11.8. The quantitative estimate of drug-likeness (QED) is 0.724. The van der Waals surface area contributed by atoms with Gasteiger partial charge in [0.2, 0.25) is 0 Å². The van der Waals surface area contributed by atoms with Crippen molar-refractivity contribution in [1.29, 1.82) is 0 Å². The summed E-state index contributed by atoms with van der Waals surface area (Å²) in [5.74, 6) is 0.543. The summed E-state index contributed by atoms with van der Waals surface area (Å²) in [5.41, 5.74) is 0. The molecule has 13 heavy (non-hydrogen) atoms.